The van der Waals surface area contributed by atoms with E-state index in [2.05, 4.69) is 67.8 Å². The van der Waals surface area contributed by atoms with Gasteiger partial charge in [-0.1, -0.05) is 158 Å². The Morgan fingerprint density at radius 2 is 0.823 bits per heavy atom. The first-order valence-corrected chi connectivity index (χ1v) is 25.7. The second-order valence-electron chi connectivity index (χ2n) is 18.6. The molecule has 0 saturated heterocycles. The normalized spacial score (nSPS) is 12.7. The number of nitrogens with one attached hydrogen (secondary N) is 1. The third kappa shape index (κ3) is 36.5. The van der Waals surface area contributed by atoms with Crippen molar-refractivity contribution in [2.75, 3.05) is 6.54 Å². The van der Waals surface area contributed by atoms with Crippen molar-refractivity contribution < 1.29 is 24.2 Å². The Bertz CT molecular complexity index is 1340. The molecule has 6 heteroatoms. The van der Waals surface area contributed by atoms with Crippen molar-refractivity contribution >= 4 is 11.9 Å². The van der Waals surface area contributed by atoms with Crippen LogP contribution in [-0.4, -0.2) is 29.1 Å². The molecule has 1 rings (SSSR count). The summed E-state index contributed by atoms with van der Waals surface area (Å²) in [4.78, 5) is 25.8. The van der Waals surface area contributed by atoms with E-state index in [1.165, 1.54) is 154 Å². The van der Waals surface area contributed by atoms with Crippen molar-refractivity contribution in [3.05, 3.63) is 72.4 Å². The maximum Gasteiger partial charge on any atom is 0.311 e. The molecule has 0 aromatic heterocycles. The Morgan fingerprint density at radius 3 is 1.18 bits per heavy atom. The topological polar surface area (TPSA) is 84.9 Å². The summed E-state index contributed by atoms with van der Waals surface area (Å²) in [6.45, 7) is 11.0. The zero-order valence-electron chi connectivity index (χ0n) is 40.8. The summed E-state index contributed by atoms with van der Waals surface area (Å²) in [5.74, 6) is -0.364. The van der Waals surface area contributed by atoms with Crippen LogP contribution in [0.1, 0.15) is 252 Å². The molecule has 0 aliphatic rings. The summed E-state index contributed by atoms with van der Waals surface area (Å²) >= 11 is 0. The minimum absolute atomic E-state index is 0.163. The lowest BCUT2D eigenvalue weighted by atomic mass is 10.1. The molecule has 1 unspecified atom stereocenters. The fourth-order valence-electron chi connectivity index (χ4n) is 7.28. The number of aliphatic hydroxyl groups is 1. The quantitative estimate of drug-likeness (QED) is 0.0295. The van der Waals surface area contributed by atoms with Crippen molar-refractivity contribution in [1.29, 1.82) is 0 Å². The van der Waals surface area contributed by atoms with Crippen LogP contribution in [0.5, 0.6) is 11.5 Å². The molecule has 0 heterocycles. The maximum atomic E-state index is 13.0. The average Bonchev–Trinajstić information content (AvgIpc) is 3.24. The Kier molecular flexibility index (Phi) is 37.5. The molecule has 1 atom stereocenters. The lowest BCUT2D eigenvalue weighted by Crippen LogP contribution is -2.38. The lowest BCUT2D eigenvalue weighted by Gasteiger charge is -2.23. The monoisotopic (exact) mass is 862 g/mol. The number of rotatable bonds is 41. The van der Waals surface area contributed by atoms with E-state index >= 15 is 0 Å². The molecule has 0 bridgehead atoms. The summed E-state index contributed by atoms with van der Waals surface area (Å²) in [5, 5.41) is 14.2. The van der Waals surface area contributed by atoms with E-state index in [-0.39, 0.29) is 41.8 Å². The minimum Gasteiger partial charge on any atom is -0.423 e. The summed E-state index contributed by atoms with van der Waals surface area (Å²) in [6, 6.07) is 4.98. The number of carbonyl (C=O) groups excluding carboxylic acids is 2. The molecule has 2 N–H and O–H groups in total. The Morgan fingerprint density at radius 1 is 0.500 bits per heavy atom. The van der Waals surface area contributed by atoms with Gasteiger partial charge in [-0.25, -0.2) is 0 Å². The highest BCUT2D eigenvalue weighted by atomic mass is 16.6. The van der Waals surface area contributed by atoms with Gasteiger partial charge in [-0.15, -0.1) is 0 Å². The van der Waals surface area contributed by atoms with Crippen LogP contribution < -0.4 is 14.8 Å². The first-order valence-electron chi connectivity index (χ1n) is 25.7. The van der Waals surface area contributed by atoms with Gasteiger partial charge in [-0.05, 0) is 141 Å². The van der Waals surface area contributed by atoms with Gasteiger partial charge < -0.3 is 19.9 Å². The summed E-state index contributed by atoms with van der Waals surface area (Å²) < 4.78 is 11.5. The van der Waals surface area contributed by atoms with E-state index in [0.717, 1.165) is 25.7 Å². The van der Waals surface area contributed by atoms with Gasteiger partial charge in [-0.3, -0.25) is 9.59 Å². The van der Waals surface area contributed by atoms with Gasteiger partial charge in [0.1, 0.15) is 0 Å². The van der Waals surface area contributed by atoms with Crippen molar-refractivity contribution in [2.24, 2.45) is 0 Å². The fraction of sp³-hybridized carbons (Fsp3) is 0.714. The molecular formula is C56H95NO5. The largest absolute Gasteiger partial charge is 0.423 e. The molecular weight excluding hydrogens is 767 g/mol. The van der Waals surface area contributed by atoms with E-state index in [1.807, 2.05) is 20.8 Å². The van der Waals surface area contributed by atoms with Crippen LogP contribution in [0.4, 0.5) is 0 Å². The molecule has 62 heavy (non-hydrogen) atoms. The van der Waals surface area contributed by atoms with Gasteiger partial charge in [0, 0.05) is 24.9 Å². The number of hydrogen-bond donors (Lipinski definition) is 2. The predicted molar refractivity (Wildman–Crippen MR) is 266 cm³/mol. The molecule has 354 valence electrons. The lowest BCUT2D eigenvalue weighted by molar-refractivity contribution is -0.137. The van der Waals surface area contributed by atoms with Crippen molar-refractivity contribution in [3.8, 4) is 11.5 Å². The number of esters is 2. The van der Waals surface area contributed by atoms with Crippen molar-refractivity contribution in [3.63, 3.8) is 0 Å². The van der Waals surface area contributed by atoms with Crippen LogP contribution in [0, 0.1) is 0 Å². The third-order valence-electron chi connectivity index (χ3n) is 11.2. The third-order valence-corrected chi connectivity index (χ3v) is 11.2. The van der Waals surface area contributed by atoms with Gasteiger partial charge in [0.15, 0.2) is 11.5 Å². The van der Waals surface area contributed by atoms with E-state index < -0.39 is 6.10 Å². The molecule has 1 aromatic rings. The number of benzene rings is 1. The van der Waals surface area contributed by atoms with Crippen molar-refractivity contribution in [1.82, 2.24) is 5.32 Å². The summed E-state index contributed by atoms with van der Waals surface area (Å²) in [7, 11) is 0. The van der Waals surface area contributed by atoms with Crippen LogP contribution in [0.3, 0.4) is 0 Å². The Balaban J connectivity index is 2.37. The van der Waals surface area contributed by atoms with Gasteiger partial charge >= 0.3 is 11.9 Å². The molecule has 6 nitrogen and oxygen atoms in total. The van der Waals surface area contributed by atoms with E-state index in [0.29, 0.717) is 24.9 Å². The molecule has 1 aromatic carbocycles. The molecule has 0 aliphatic heterocycles. The van der Waals surface area contributed by atoms with Crippen LogP contribution in [0.2, 0.25) is 0 Å². The fourth-order valence-corrected chi connectivity index (χ4v) is 7.28. The highest BCUT2D eigenvalue weighted by molar-refractivity contribution is 5.76. The van der Waals surface area contributed by atoms with Gasteiger partial charge in [-0.2, -0.15) is 0 Å². The molecule has 0 aliphatic carbocycles. The first-order chi connectivity index (χ1) is 30.2. The number of unbranched alkanes of at least 4 members (excludes halogenated alkanes) is 24. The van der Waals surface area contributed by atoms with E-state index in [4.69, 9.17) is 9.47 Å². The first kappa shape index (κ1) is 57.1. The van der Waals surface area contributed by atoms with Crippen LogP contribution in [0.15, 0.2) is 66.8 Å². The number of carbonyl (C=O) groups is 2. The SMILES string of the molecule is CCCCCCCC/C=C/CCCCCC/C=C/CCCC(=O)Oc1ccc(C(O)CNC(C)(C)C)cc1OC(=O)CCC/C=C/CCCCCC/C=C/CCCCCCCC. The summed E-state index contributed by atoms with van der Waals surface area (Å²) in [5.41, 5.74) is 0.427. The van der Waals surface area contributed by atoms with Gasteiger partial charge in [0.05, 0.1) is 6.10 Å². The predicted octanol–water partition coefficient (Wildman–Crippen LogP) is 16.7. The highest BCUT2D eigenvalue weighted by Gasteiger charge is 2.19. The van der Waals surface area contributed by atoms with Crippen LogP contribution in [-0.2, 0) is 9.59 Å². The molecule has 0 saturated carbocycles. The molecule has 0 fully saturated rings. The van der Waals surface area contributed by atoms with Gasteiger partial charge in [0.25, 0.3) is 0 Å². The zero-order chi connectivity index (χ0) is 45.2. The summed E-state index contributed by atoms with van der Waals surface area (Å²) in [6.07, 6.45) is 54.4. The molecule has 0 radical (unpaired) electrons. The van der Waals surface area contributed by atoms with E-state index in [1.54, 1.807) is 18.2 Å². The Labute approximate surface area is 382 Å². The number of hydrogen-bond acceptors (Lipinski definition) is 6. The number of ether oxygens (including phenoxy) is 2. The average molecular weight is 862 g/mol. The number of β-amino-alcohol motifs (C(OH)–C–C–N with tert-alkyl or cyclic N) is 1. The minimum atomic E-state index is -0.813. The van der Waals surface area contributed by atoms with Gasteiger partial charge in [0.2, 0.25) is 0 Å². The second kappa shape index (κ2) is 40.8. The molecule has 0 amide bonds. The highest BCUT2D eigenvalue weighted by Crippen LogP contribution is 2.32. The van der Waals surface area contributed by atoms with E-state index in [9.17, 15) is 14.7 Å². The molecule has 0 spiro atoms. The smallest absolute Gasteiger partial charge is 0.311 e. The standard InChI is InChI=1S/C56H95NO5/c1-6-8-10-12-14-16-18-20-22-24-26-28-30-32-34-36-38-40-42-44-54(59)61-52-47-46-50(51(58)49-57-56(3,4)5)48-53(52)62-55(60)45-43-41-39-37-35-33-31-29-27-25-23-21-19-17-15-13-11-9-7-2/h20-23,36-39,46-48,51,57-58H,6-19,24-35,40-45,49H2,1-5H3/b22-20+,23-21+,38-36+,39-37+. The number of aliphatic hydroxyl groups excluding tert-OH is 1. The zero-order valence-corrected chi connectivity index (χ0v) is 40.8. The second-order valence-corrected chi connectivity index (χ2v) is 18.6. The van der Waals surface area contributed by atoms with Crippen LogP contribution >= 0.6 is 0 Å². The maximum absolute atomic E-state index is 13.0. The Hall–Kier alpha value is -2.96. The number of allylic oxidation sites excluding steroid dienone is 8. The van der Waals surface area contributed by atoms with Crippen LogP contribution in [0.25, 0.3) is 0 Å². The van der Waals surface area contributed by atoms with Crippen molar-refractivity contribution in [2.45, 2.75) is 252 Å².